The highest BCUT2D eigenvalue weighted by Gasteiger charge is 2.13. The number of carbonyl (C=O) groups is 1. The maximum atomic E-state index is 12.0. The molecule has 104 valence electrons. The van der Waals surface area contributed by atoms with E-state index < -0.39 is 4.92 Å². The Morgan fingerprint density at radius 3 is 2.60 bits per heavy atom. The normalized spacial score (nSPS) is 10.4. The number of non-ortho nitro benzene ring substituents is 1. The van der Waals surface area contributed by atoms with Crippen LogP contribution in [0.5, 0.6) is 0 Å². The summed E-state index contributed by atoms with van der Waals surface area (Å²) in [4.78, 5) is 34.0. The quantitative estimate of drug-likeness (QED) is 0.469. The third-order valence-electron chi connectivity index (χ3n) is 2.95. The maximum Gasteiger partial charge on any atom is 0.328 e. The van der Waals surface area contributed by atoms with Gasteiger partial charge in [-0.3, -0.25) is 24.0 Å². The lowest BCUT2D eigenvalue weighted by Crippen LogP contribution is -2.26. The molecule has 0 unspecified atom stereocenters. The number of nitro benzene ring substituents is 1. The first-order valence-corrected chi connectivity index (χ1v) is 6.06. The molecule has 0 aliphatic heterocycles. The minimum Gasteiger partial charge on any atom is -0.300 e. The number of hydrogen-bond donors (Lipinski definition) is 0. The molecule has 2 aromatic rings. The highest BCUT2D eigenvalue weighted by Crippen LogP contribution is 2.13. The molecule has 0 aliphatic carbocycles. The molecule has 0 amide bonds. The van der Waals surface area contributed by atoms with Crippen LogP contribution >= 0.6 is 0 Å². The summed E-state index contributed by atoms with van der Waals surface area (Å²) in [6, 6.07) is 5.48. The number of imidazole rings is 1. The zero-order chi connectivity index (χ0) is 14.7. The molecular formula is C13H13N3O4. The van der Waals surface area contributed by atoms with Gasteiger partial charge in [-0.25, -0.2) is 4.79 Å². The van der Waals surface area contributed by atoms with Crippen LogP contribution in [0.1, 0.15) is 17.3 Å². The molecule has 0 saturated heterocycles. The van der Waals surface area contributed by atoms with E-state index in [0.29, 0.717) is 6.54 Å². The largest absolute Gasteiger partial charge is 0.328 e. The van der Waals surface area contributed by atoms with Crippen molar-refractivity contribution in [1.82, 2.24) is 9.13 Å². The first-order chi connectivity index (χ1) is 9.52. The van der Waals surface area contributed by atoms with E-state index in [4.69, 9.17) is 0 Å². The van der Waals surface area contributed by atoms with E-state index in [1.807, 2.05) is 6.92 Å². The highest BCUT2D eigenvalue weighted by atomic mass is 16.6. The molecule has 0 spiro atoms. The van der Waals surface area contributed by atoms with Crippen LogP contribution in [0.4, 0.5) is 5.69 Å². The second-order valence-electron chi connectivity index (χ2n) is 4.23. The Kier molecular flexibility index (Phi) is 3.79. The number of benzene rings is 1. The molecule has 20 heavy (non-hydrogen) atoms. The van der Waals surface area contributed by atoms with E-state index in [2.05, 4.69) is 0 Å². The van der Waals surface area contributed by atoms with Crippen molar-refractivity contribution in [2.24, 2.45) is 0 Å². The van der Waals surface area contributed by atoms with Gasteiger partial charge in [-0.2, -0.15) is 0 Å². The van der Waals surface area contributed by atoms with Crippen molar-refractivity contribution in [3.8, 4) is 0 Å². The lowest BCUT2D eigenvalue weighted by Gasteiger charge is -2.02. The van der Waals surface area contributed by atoms with Crippen molar-refractivity contribution < 1.29 is 9.72 Å². The summed E-state index contributed by atoms with van der Waals surface area (Å²) in [6.45, 7) is 2.22. The number of ketones is 1. The van der Waals surface area contributed by atoms with Gasteiger partial charge < -0.3 is 0 Å². The summed E-state index contributed by atoms with van der Waals surface area (Å²) in [5.41, 5.74) is -0.198. The zero-order valence-electron chi connectivity index (χ0n) is 10.9. The molecule has 0 bridgehead atoms. The predicted molar refractivity (Wildman–Crippen MR) is 71.8 cm³/mol. The number of hydrogen-bond acceptors (Lipinski definition) is 4. The fraction of sp³-hybridized carbons (Fsp3) is 0.231. The van der Waals surface area contributed by atoms with E-state index in [1.165, 1.54) is 39.6 Å². The van der Waals surface area contributed by atoms with Gasteiger partial charge in [-0.1, -0.05) is 12.1 Å². The van der Waals surface area contributed by atoms with Crippen molar-refractivity contribution in [3.63, 3.8) is 0 Å². The second kappa shape index (κ2) is 5.52. The average Bonchev–Trinajstić information content (AvgIpc) is 2.79. The summed E-state index contributed by atoms with van der Waals surface area (Å²) >= 11 is 0. The van der Waals surface area contributed by atoms with E-state index in [0.717, 1.165) is 0 Å². The van der Waals surface area contributed by atoms with E-state index in [9.17, 15) is 19.7 Å². The van der Waals surface area contributed by atoms with E-state index >= 15 is 0 Å². The molecule has 0 radical (unpaired) electrons. The van der Waals surface area contributed by atoms with Gasteiger partial charge in [0.1, 0.15) is 0 Å². The SMILES string of the molecule is CCn1ccn(CC(=O)c2cccc([N+](=O)[O-])c2)c1=O. The monoisotopic (exact) mass is 275 g/mol. The van der Waals surface area contributed by atoms with Gasteiger partial charge in [-0.05, 0) is 6.92 Å². The van der Waals surface area contributed by atoms with Crippen molar-refractivity contribution in [3.05, 3.63) is 62.8 Å². The molecule has 2 rings (SSSR count). The van der Waals surface area contributed by atoms with Gasteiger partial charge in [0.05, 0.1) is 11.5 Å². The topological polar surface area (TPSA) is 87.1 Å². The van der Waals surface area contributed by atoms with E-state index in [1.54, 1.807) is 6.20 Å². The number of nitrogens with zero attached hydrogens (tertiary/aromatic N) is 3. The van der Waals surface area contributed by atoms with Crippen LogP contribution in [-0.2, 0) is 13.1 Å². The van der Waals surface area contributed by atoms with Crippen LogP contribution in [0.3, 0.4) is 0 Å². The smallest absolute Gasteiger partial charge is 0.300 e. The van der Waals surface area contributed by atoms with E-state index in [-0.39, 0.29) is 29.3 Å². The fourth-order valence-corrected chi connectivity index (χ4v) is 1.85. The minimum absolute atomic E-state index is 0.132. The third-order valence-corrected chi connectivity index (χ3v) is 2.95. The predicted octanol–water partition coefficient (Wildman–Crippen LogP) is 1.46. The van der Waals surface area contributed by atoms with Crippen LogP contribution in [0.15, 0.2) is 41.5 Å². The Morgan fingerprint density at radius 2 is 2.00 bits per heavy atom. The van der Waals surface area contributed by atoms with Crippen LogP contribution in [-0.4, -0.2) is 19.8 Å². The Bertz CT molecular complexity index is 714. The van der Waals surface area contributed by atoms with Crippen LogP contribution in [0.25, 0.3) is 0 Å². The maximum absolute atomic E-state index is 12.0. The van der Waals surface area contributed by atoms with Gasteiger partial charge in [0.2, 0.25) is 0 Å². The van der Waals surface area contributed by atoms with Gasteiger partial charge in [0, 0.05) is 36.6 Å². The lowest BCUT2D eigenvalue weighted by atomic mass is 10.1. The number of aryl methyl sites for hydroxylation is 1. The molecule has 7 nitrogen and oxygen atoms in total. The molecule has 0 aliphatic rings. The number of rotatable bonds is 5. The molecule has 0 N–H and O–H groups in total. The third kappa shape index (κ3) is 2.66. The van der Waals surface area contributed by atoms with Crippen molar-refractivity contribution in [1.29, 1.82) is 0 Å². The standard InChI is InChI=1S/C13H13N3O4/c1-2-14-6-7-15(13(14)18)9-12(17)10-4-3-5-11(8-10)16(19)20/h3-8H,2,9H2,1H3. The molecule has 0 atom stereocenters. The Balaban J connectivity index is 2.24. The number of nitro groups is 1. The first kappa shape index (κ1) is 13.7. The molecule has 1 aromatic heterocycles. The van der Waals surface area contributed by atoms with Gasteiger partial charge >= 0.3 is 5.69 Å². The highest BCUT2D eigenvalue weighted by molar-refractivity contribution is 5.96. The van der Waals surface area contributed by atoms with Crippen molar-refractivity contribution in [2.75, 3.05) is 0 Å². The lowest BCUT2D eigenvalue weighted by molar-refractivity contribution is -0.384. The summed E-state index contributed by atoms with van der Waals surface area (Å²) in [5.74, 6) is -0.343. The average molecular weight is 275 g/mol. The molecule has 1 aromatic carbocycles. The van der Waals surface area contributed by atoms with Crippen LogP contribution in [0.2, 0.25) is 0 Å². The summed E-state index contributed by atoms with van der Waals surface area (Å²) < 4.78 is 2.76. The number of carbonyl (C=O) groups excluding carboxylic acids is 1. The molecule has 0 saturated carbocycles. The summed E-state index contributed by atoms with van der Waals surface area (Å²) in [5, 5.41) is 10.7. The molecule has 0 fully saturated rings. The number of aromatic nitrogens is 2. The summed E-state index contributed by atoms with van der Waals surface area (Å²) in [7, 11) is 0. The second-order valence-corrected chi connectivity index (χ2v) is 4.23. The van der Waals surface area contributed by atoms with Crippen LogP contribution in [0, 0.1) is 10.1 Å². The number of Topliss-reactive ketones (excluding diaryl/α,β-unsaturated/α-hetero) is 1. The molecule has 1 heterocycles. The van der Waals surface area contributed by atoms with Gasteiger partial charge in [0.15, 0.2) is 5.78 Å². The van der Waals surface area contributed by atoms with Crippen molar-refractivity contribution >= 4 is 11.5 Å². The molecular weight excluding hydrogens is 262 g/mol. The van der Waals surface area contributed by atoms with Crippen molar-refractivity contribution in [2.45, 2.75) is 20.0 Å². The zero-order valence-corrected chi connectivity index (χ0v) is 10.9. The Hall–Kier alpha value is -2.70. The van der Waals surface area contributed by atoms with Crippen LogP contribution < -0.4 is 5.69 Å². The summed E-state index contributed by atoms with van der Waals surface area (Å²) in [6.07, 6.45) is 3.13. The molecule has 7 heteroatoms. The fourth-order valence-electron chi connectivity index (χ4n) is 1.85. The Morgan fingerprint density at radius 1 is 1.30 bits per heavy atom. The first-order valence-electron chi connectivity index (χ1n) is 6.06. The minimum atomic E-state index is -0.559. The van der Waals surface area contributed by atoms with Gasteiger partial charge in [-0.15, -0.1) is 0 Å². The van der Waals surface area contributed by atoms with Gasteiger partial charge in [0.25, 0.3) is 5.69 Å². The Labute approximate surface area is 114 Å².